The Morgan fingerprint density at radius 2 is 1.73 bits per heavy atom. The predicted molar refractivity (Wildman–Crippen MR) is 122 cm³/mol. The van der Waals surface area contributed by atoms with Crippen molar-refractivity contribution in [2.24, 2.45) is 0 Å². The number of nitrogens with one attached hydrogen (secondary N) is 1. The third-order valence-corrected chi connectivity index (χ3v) is 5.70. The van der Waals surface area contributed by atoms with Crippen LogP contribution in [0.4, 0.5) is 5.95 Å². The van der Waals surface area contributed by atoms with Crippen molar-refractivity contribution in [2.75, 3.05) is 18.0 Å². The first-order valence-electron chi connectivity index (χ1n) is 10.1. The highest BCUT2D eigenvalue weighted by Crippen LogP contribution is 2.40. The Bertz CT molecular complexity index is 1010. The Morgan fingerprint density at radius 1 is 1.07 bits per heavy atom. The molecule has 3 aromatic rings. The van der Waals surface area contributed by atoms with Crippen LogP contribution in [0.1, 0.15) is 39.5 Å². The number of aromatic hydroxyl groups is 2. The van der Waals surface area contributed by atoms with Gasteiger partial charge in [0.2, 0.25) is 16.6 Å². The summed E-state index contributed by atoms with van der Waals surface area (Å²) in [5, 5.41) is 21.5. The van der Waals surface area contributed by atoms with Gasteiger partial charge in [-0.05, 0) is 49.0 Å². The van der Waals surface area contributed by atoms with Gasteiger partial charge in [-0.2, -0.15) is 9.97 Å². The second-order valence-corrected chi connectivity index (χ2v) is 8.31. The third kappa shape index (κ3) is 5.34. The van der Waals surface area contributed by atoms with E-state index in [1.165, 1.54) is 22.4 Å². The number of hydrogen-bond acceptors (Lipinski definition) is 7. The normalized spacial score (nSPS) is 11.0. The van der Waals surface area contributed by atoms with E-state index in [0.29, 0.717) is 26.5 Å². The van der Waals surface area contributed by atoms with Crippen LogP contribution < -0.4 is 4.90 Å². The van der Waals surface area contributed by atoms with Crippen molar-refractivity contribution in [3.63, 3.8) is 0 Å². The molecular weight excluding hydrogens is 418 g/mol. The highest BCUT2D eigenvalue weighted by Gasteiger charge is 2.18. The monoisotopic (exact) mass is 445 g/mol. The molecule has 0 bridgehead atoms. The first-order valence-corrected chi connectivity index (χ1v) is 11.4. The lowest BCUT2D eigenvalue weighted by molar-refractivity contribution is 0.398. The van der Waals surface area contributed by atoms with Crippen LogP contribution in [0, 0.1) is 4.77 Å². The van der Waals surface area contributed by atoms with Gasteiger partial charge >= 0.3 is 0 Å². The van der Waals surface area contributed by atoms with Crippen LogP contribution >= 0.6 is 24.0 Å². The van der Waals surface area contributed by atoms with Crippen molar-refractivity contribution in [1.29, 1.82) is 0 Å². The molecule has 0 aliphatic rings. The maximum atomic E-state index is 10.7. The highest BCUT2D eigenvalue weighted by atomic mass is 32.2. The lowest BCUT2D eigenvalue weighted by Gasteiger charge is -2.23. The van der Waals surface area contributed by atoms with Gasteiger partial charge in [0.15, 0.2) is 11.0 Å². The fourth-order valence-corrected chi connectivity index (χ4v) is 4.09. The zero-order valence-corrected chi connectivity index (χ0v) is 18.8. The molecule has 0 atom stereocenters. The summed E-state index contributed by atoms with van der Waals surface area (Å²) in [7, 11) is 0. The first-order chi connectivity index (χ1) is 14.5. The van der Waals surface area contributed by atoms with E-state index >= 15 is 0 Å². The van der Waals surface area contributed by atoms with E-state index in [1.807, 2.05) is 18.2 Å². The SMILES string of the molecule is CCCCN(CCCC)c1nc(Sc2cc(O)n(-c3ccccc3)c2O)nc(=S)[nH]1. The van der Waals surface area contributed by atoms with Crippen LogP contribution in [0.15, 0.2) is 46.5 Å². The largest absolute Gasteiger partial charge is 0.494 e. The van der Waals surface area contributed by atoms with Gasteiger partial charge in [0, 0.05) is 19.2 Å². The van der Waals surface area contributed by atoms with Crippen LogP contribution in [-0.4, -0.2) is 42.8 Å². The van der Waals surface area contributed by atoms with Crippen LogP contribution in [0.25, 0.3) is 5.69 Å². The number of aromatic amines is 1. The molecule has 160 valence electrons. The Balaban J connectivity index is 1.90. The number of para-hydroxylation sites is 1. The number of benzene rings is 1. The molecule has 2 aromatic heterocycles. The van der Waals surface area contributed by atoms with Gasteiger partial charge in [-0.3, -0.25) is 4.57 Å². The number of anilines is 1. The van der Waals surface area contributed by atoms with Gasteiger partial charge in [0.05, 0.1) is 10.6 Å². The standard InChI is InChI=1S/C21H27N5O2S2/c1-3-5-12-25(13-6-4-2)19-22-20(29)24-21(23-19)30-16-14-17(27)26(18(16)28)15-10-8-7-9-11-15/h7-11,14,27-28H,3-6,12-13H2,1-2H3,(H,22,23,24,29). The molecular formula is C21H27N5O2S2. The molecule has 0 spiro atoms. The smallest absolute Gasteiger partial charge is 0.213 e. The van der Waals surface area contributed by atoms with E-state index < -0.39 is 0 Å². The molecule has 3 N–H and O–H groups in total. The maximum absolute atomic E-state index is 10.7. The summed E-state index contributed by atoms with van der Waals surface area (Å²) >= 11 is 6.50. The molecule has 0 amide bonds. The lowest BCUT2D eigenvalue weighted by Crippen LogP contribution is -2.28. The van der Waals surface area contributed by atoms with Gasteiger partial charge in [-0.15, -0.1) is 0 Å². The van der Waals surface area contributed by atoms with E-state index in [1.54, 1.807) is 12.1 Å². The fourth-order valence-electron chi connectivity index (χ4n) is 3.04. The number of unbranched alkanes of at least 4 members (excludes halogenated alkanes) is 2. The minimum absolute atomic E-state index is 0.0602. The van der Waals surface area contributed by atoms with Crippen molar-refractivity contribution in [2.45, 2.75) is 49.6 Å². The molecule has 0 saturated heterocycles. The minimum atomic E-state index is -0.0681. The Labute approximate surface area is 185 Å². The van der Waals surface area contributed by atoms with E-state index in [2.05, 4.69) is 33.7 Å². The molecule has 3 rings (SSSR count). The van der Waals surface area contributed by atoms with Crippen LogP contribution in [0.2, 0.25) is 0 Å². The van der Waals surface area contributed by atoms with Crippen molar-refractivity contribution >= 4 is 29.9 Å². The van der Waals surface area contributed by atoms with Crippen molar-refractivity contribution in [3.05, 3.63) is 41.2 Å². The number of rotatable bonds is 10. The summed E-state index contributed by atoms with van der Waals surface area (Å²) in [6.45, 7) is 6.10. The molecule has 0 fully saturated rings. The lowest BCUT2D eigenvalue weighted by atomic mass is 10.3. The average Bonchev–Trinajstić information content (AvgIpc) is 3.01. The second-order valence-electron chi connectivity index (χ2n) is 6.92. The fraction of sp³-hybridized carbons (Fsp3) is 0.381. The average molecular weight is 446 g/mol. The summed E-state index contributed by atoms with van der Waals surface area (Å²) in [6, 6.07) is 10.7. The molecule has 0 unspecified atom stereocenters. The zero-order valence-electron chi connectivity index (χ0n) is 17.2. The zero-order chi connectivity index (χ0) is 21.5. The topological polar surface area (TPSA) is 90.2 Å². The van der Waals surface area contributed by atoms with Gasteiger partial charge < -0.3 is 20.1 Å². The molecule has 7 nitrogen and oxygen atoms in total. The third-order valence-electron chi connectivity index (χ3n) is 4.62. The van der Waals surface area contributed by atoms with Crippen molar-refractivity contribution in [1.82, 2.24) is 19.5 Å². The molecule has 0 aliphatic carbocycles. The Hall–Kier alpha value is -2.52. The first kappa shape index (κ1) is 22.2. The summed E-state index contributed by atoms with van der Waals surface area (Å²) in [5.74, 6) is 0.557. The minimum Gasteiger partial charge on any atom is -0.494 e. The van der Waals surface area contributed by atoms with Crippen LogP contribution in [0.3, 0.4) is 0 Å². The number of nitrogens with zero attached hydrogens (tertiary/aromatic N) is 4. The van der Waals surface area contributed by atoms with Crippen molar-refractivity contribution < 1.29 is 10.2 Å². The number of hydrogen-bond donors (Lipinski definition) is 3. The Kier molecular flexibility index (Phi) is 7.75. The molecule has 30 heavy (non-hydrogen) atoms. The van der Waals surface area contributed by atoms with E-state index in [-0.39, 0.29) is 11.8 Å². The summed E-state index contributed by atoms with van der Waals surface area (Å²) in [5.41, 5.74) is 0.664. The Morgan fingerprint density at radius 3 is 2.37 bits per heavy atom. The molecule has 0 radical (unpaired) electrons. The highest BCUT2D eigenvalue weighted by molar-refractivity contribution is 7.99. The van der Waals surface area contributed by atoms with Crippen LogP contribution in [-0.2, 0) is 0 Å². The molecule has 2 heterocycles. The molecule has 1 aromatic carbocycles. The van der Waals surface area contributed by atoms with Crippen LogP contribution in [0.5, 0.6) is 11.8 Å². The van der Waals surface area contributed by atoms with E-state index in [0.717, 1.165) is 38.8 Å². The van der Waals surface area contributed by atoms with Crippen molar-refractivity contribution in [3.8, 4) is 17.4 Å². The van der Waals surface area contributed by atoms with Gasteiger partial charge in [-0.1, -0.05) is 44.9 Å². The summed E-state index contributed by atoms with van der Waals surface area (Å²) in [4.78, 5) is 14.7. The summed E-state index contributed by atoms with van der Waals surface area (Å²) < 4.78 is 1.72. The molecule has 0 saturated carbocycles. The van der Waals surface area contributed by atoms with E-state index in [9.17, 15) is 10.2 Å². The number of aromatic nitrogens is 4. The van der Waals surface area contributed by atoms with Gasteiger partial charge in [0.25, 0.3) is 0 Å². The molecule has 9 heteroatoms. The quantitative estimate of drug-likeness (QED) is 0.365. The summed E-state index contributed by atoms with van der Waals surface area (Å²) in [6.07, 6.45) is 4.31. The van der Waals surface area contributed by atoms with Gasteiger partial charge in [-0.25, -0.2) is 0 Å². The number of H-pyrrole nitrogens is 1. The molecule has 0 aliphatic heterocycles. The van der Waals surface area contributed by atoms with Gasteiger partial charge in [0.1, 0.15) is 0 Å². The maximum Gasteiger partial charge on any atom is 0.213 e. The van der Waals surface area contributed by atoms with E-state index in [4.69, 9.17) is 12.2 Å². The predicted octanol–water partition coefficient (Wildman–Crippen LogP) is 5.29. The second kappa shape index (κ2) is 10.5.